The number of likely N-dealkylation sites (tertiary alicyclic amines) is 1. The summed E-state index contributed by atoms with van der Waals surface area (Å²) in [4.78, 5) is 24.0. The molecule has 4 nitrogen and oxygen atoms in total. The highest BCUT2D eigenvalue weighted by Crippen LogP contribution is 2.20. The molecule has 1 fully saturated rings. The molecule has 5 heteroatoms. The van der Waals surface area contributed by atoms with Crippen LogP contribution in [-0.4, -0.2) is 39.8 Å². The third-order valence-electron chi connectivity index (χ3n) is 2.47. The van der Waals surface area contributed by atoms with Gasteiger partial charge in [-0.15, -0.1) is 0 Å². The average molecular weight is 264 g/mol. The van der Waals surface area contributed by atoms with E-state index in [1.54, 1.807) is 6.92 Å². The van der Waals surface area contributed by atoms with E-state index >= 15 is 0 Å². The Bertz CT molecular complexity index is 244. The fourth-order valence-electron chi connectivity index (χ4n) is 1.64. The van der Waals surface area contributed by atoms with E-state index in [9.17, 15) is 9.59 Å². The SMILES string of the molecule is CC(CBr)C(=O)N1CCC[C@H]1C(=O)O. The van der Waals surface area contributed by atoms with E-state index in [0.29, 0.717) is 18.3 Å². The van der Waals surface area contributed by atoms with E-state index in [-0.39, 0.29) is 11.8 Å². The summed E-state index contributed by atoms with van der Waals surface area (Å²) in [5.41, 5.74) is 0. The van der Waals surface area contributed by atoms with Crippen molar-refractivity contribution in [3.63, 3.8) is 0 Å². The minimum Gasteiger partial charge on any atom is -0.480 e. The van der Waals surface area contributed by atoms with Crippen LogP contribution in [0.15, 0.2) is 0 Å². The number of hydrogen-bond donors (Lipinski definition) is 1. The summed E-state index contributed by atoms with van der Waals surface area (Å²) in [7, 11) is 0. The predicted octanol–water partition coefficient (Wildman–Crippen LogP) is 1.09. The highest BCUT2D eigenvalue weighted by atomic mass is 79.9. The van der Waals surface area contributed by atoms with Crippen LogP contribution in [0.5, 0.6) is 0 Å². The standard InChI is InChI=1S/C9H14BrNO3/c1-6(5-10)8(12)11-4-2-3-7(11)9(13)14/h6-7H,2-5H2,1H3,(H,13,14)/t6?,7-/m0/s1. The maximum Gasteiger partial charge on any atom is 0.326 e. The molecule has 0 aromatic rings. The first-order valence-electron chi connectivity index (χ1n) is 4.67. The minimum absolute atomic E-state index is 0.0632. The molecule has 1 aliphatic heterocycles. The van der Waals surface area contributed by atoms with Gasteiger partial charge in [0.2, 0.25) is 5.91 Å². The van der Waals surface area contributed by atoms with Gasteiger partial charge in [-0.25, -0.2) is 4.79 Å². The molecule has 1 saturated heterocycles. The summed E-state index contributed by atoms with van der Waals surface area (Å²) >= 11 is 3.22. The van der Waals surface area contributed by atoms with Crippen molar-refractivity contribution in [3.8, 4) is 0 Å². The highest BCUT2D eigenvalue weighted by molar-refractivity contribution is 9.09. The molecular formula is C9H14BrNO3. The lowest BCUT2D eigenvalue weighted by Crippen LogP contribution is -2.43. The largest absolute Gasteiger partial charge is 0.480 e. The first-order valence-corrected chi connectivity index (χ1v) is 5.79. The fraction of sp³-hybridized carbons (Fsp3) is 0.778. The van der Waals surface area contributed by atoms with Crippen LogP contribution in [0.1, 0.15) is 19.8 Å². The minimum atomic E-state index is -0.891. The molecule has 1 amide bonds. The van der Waals surface area contributed by atoms with Gasteiger partial charge in [-0.05, 0) is 12.8 Å². The van der Waals surface area contributed by atoms with Gasteiger partial charge >= 0.3 is 5.97 Å². The van der Waals surface area contributed by atoms with Crippen molar-refractivity contribution in [2.75, 3.05) is 11.9 Å². The maximum atomic E-state index is 11.7. The van der Waals surface area contributed by atoms with Crippen molar-refractivity contribution in [2.24, 2.45) is 5.92 Å². The number of aliphatic carboxylic acids is 1. The summed E-state index contributed by atoms with van der Waals surface area (Å²) < 4.78 is 0. The lowest BCUT2D eigenvalue weighted by molar-refractivity contribution is -0.149. The lowest BCUT2D eigenvalue weighted by atomic mass is 10.1. The number of halogens is 1. The molecule has 0 radical (unpaired) electrons. The van der Waals surface area contributed by atoms with E-state index < -0.39 is 12.0 Å². The molecule has 1 aliphatic rings. The van der Waals surface area contributed by atoms with E-state index in [1.807, 2.05) is 0 Å². The number of carboxylic acids is 1. The third kappa shape index (κ3) is 2.26. The normalized spacial score (nSPS) is 23.6. The lowest BCUT2D eigenvalue weighted by Gasteiger charge is -2.23. The molecule has 0 aromatic carbocycles. The van der Waals surface area contributed by atoms with Gasteiger partial charge in [0.25, 0.3) is 0 Å². The predicted molar refractivity (Wildman–Crippen MR) is 55.3 cm³/mol. The number of carbonyl (C=O) groups is 2. The first kappa shape index (κ1) is 11.5. The molecule has 2 atom stereocenters. The molecule has 80 valence electrons. The van der Waals surface area contributed by atoms with E-state index in [1.165, 1.54) is 4.90 Å². The summed E-state index contributed by atoms with van der Waals surface area (Å²) in [6.07, 6.45) is 1.37. The summed E-state index contributed by atoms with van der Waals surface area (Å²) in [6, 6.07) is -0.607. The Morgan fingerprint density at radius 3 is 2.79 bits per heavy atom. The zero-order valence-corrected chi connectivity index (χ0v) is 9.66. The van der Waals surface area contributed by atoms with Crippen LogP contribution in [0, 0.1) is 5.92 Å². The Balaban J connectivity index is 2.67. The molecular weight excluding hydrogens is 250 g/mol. The van der Waals surface area contributed by atoms with Gasteiger partial charge in [0.1, 0.15) is 6.04 Å². The second-order valence-electron chi connectivity index (χ2n) is 3.58. The molecule has 0 saturated carbocycles. The monoisotopic (exact) mass is 263 g/mol. The summed E-state index contributed by atoms with van der Waals surface area (Å²) in [6.45, 7) is 2.38. The highest BCUT2D eigenvalue weighted by Gasteiger charge is 2.35. The molecule has 14 heavy (non-hydrogen) atoms. The Hall–Kier alpha value is -0.580. The van der Waals surface area contributed by atoms with Crippen molar-refractivity contribution in [1.29, 1.82) is 0 Å². The number of rotatable bonds is 3. The Morgan fingerprint density at radius 2 is 2.29 bits per heavy atom. The number of amides is 1. The van der Waals surface area contributed by atoms with Crippen LogP contribution in [0.3, 0.4) is 0 Å². The number of hydrogen-bond acceptors (Lipinski definition) is 2. The number of alkyl halides is 1. The topological polar surface area (TPSA) is 57.6 Å². The van der Waals surface area contributed by atoms with Crippen molar-refractivity contribution in [1.82, 2.24) is 4.90 Å². The molecule has 0 spiro atoms. The van der Waals surface area contributed by atoms with Gasteiger partial charge in [-0.2, -0.15) is 0 Å². The van der Waals surface area contributed by atoms with E-state index in [2.05, 4.69) is 15.9 Å². The van der Waals surface area contributed by atoms with Crippen molar-refractivity contribution in [2.45, 2.75) is 25.8 Å². The number of carboxylic acid groups (broad SMARTS) is 1. The summed E-state index contributed by atoms with van der Waals surface area (Å²) in [5, 5.41) is 9.46. The average Bonchev–Trinajstić information content (AvgIpc) is 2.63. The third-order valence-corrected chi connectivity index (χ3v) is 3.45. The zero-order valence-electron chi connectivity index (χ0n) is 8.07. The van der Waals surface area contributed by atoms with Crippen LogP contribution in [0.2, 0.25) is 0 Å². The molecule has 0 aromatic heterocycles. The quantitative estimate of drug-likeness (QED) is 0.776. The van der Waals surface area contributed by atoms with E-state index in [0.717, 1.165) is 6.42 Å². The molecule has 1 N–H and O–H groups in total. The number of carbonyl (C=O) groups excluding carboxylic acids is 1. The second-order valence-corrected chi connectivity index (χ2v) is 4.23. The van der Waals surface area contributed by atoms with Crippen molar-refractivity contribution < 1.29 is 14.7 Å². The zero-order chi connectivity index (χ0) is 10.7. The summed E-state index contributed by atoms with van der Waals surface area (Å²) in [5.74, 6) is -1.10. The molecule has 1 heterocycles. The van der Waals surface area contributed by atoms with Crippen LogP contribution in [0.25, 0.3) is 0 Å². The van der Waals surface area contributed by atoms with Gasteiger partial charge in [0.15, 0.2) is 0 Å². The Kier molecular flexibility index (Phi) is 3.92. The molecule has 1 rings (SSSR count). The molecule has 1 unspecified atom stereocenters. The second kappa shape index (κ2) is 4.77. The Labute approximate surface area is 91.4 Å². The van der Waals surface area contributed by atoms with Gasteiger partial charge in [0, 0.05) is 17.8 Å². The molecule has 0 bridgehead atoms. The van der Waals surface area contributed by atoms with Crippen LogP contribution in [-0.2, 0) is 9.59 Å². The first-order chi connectivity index (χ1) is 6.57. The van der Waals surface area contributed by atoms with Crippen LogP contribution in [0.4, 0.5) is 0 Å². The van der Waals surface area contributed by atoms with Gasteiger partial charge in [-0.1, -0.05) is 22.9 Å². The Morgan fingerprint density at radius 1 is 1.64 bits per heavy atom. The van der Waals surface area contributed by atoms with Gasteiger partial charge in [-0.3, -0.25) is 4.79 Å². The fourth-order valence-corrected chi connectivity index (χ4v) is 1.91. The van der Waals surface area contributed by atoms with Crippen molar-refractivity contribution in [3.05, 3.63) is 0 Å². The van der Waals surface area contributed by atoms with Gasteiger partial charge < -0.3 is 10.0 Å². The smallest absolute Gasteiger partial charge is 0.326 e. The van der Waals surface area contributed by atoms with Crippen LogP contribution >= 0.6 is 15.9 Å². The van der Waals surface area contributed by atoms with Crippen molar-refractivity contribution >= 4 is 27.8 Å². The van der Waals surface area contributed by atoms with Crippen LogP contribution < -0.4 is 0 Å². The van der Waals surface area contributed by atoms with Gasteiger partial charge in [0.05, 0.1) is 0 Å². The van der Waals surface area contributed by atoms with E-state index in [4.69, 9.17) is 5.11 Å². The molecule has 0 aliphatic carbocycles. The maximum absolute atomic E-state index is 11.7. The number of nitrogens with zero attached hydrogens (tertiary/aromatic N) is 1.